The van der Waals surface area contributed by atoms with Crippen molar-refractivity contribution < 1.29 is 9.59 Å². The van der Waals surface area contributed by atoms with Gasteiger partial charge in [0.05, 0.1) is 12.4 Å². The summed E-state index contributed by atoms with van der Waals surface area (Å²) in [7, 11) is 0. The predicted molar refractivity (Wildman–Crippen MR) is 63.4 cm³/mol. The number of rotatable bonds is 4. The van der Waals surface area contributed by atoms with E-state index in [1.165, 1.54) is 12.4 Å². The molecule has 20 heavy (non-hydrogen) atoms. The number of hydrogen-bond donors (Lipinski definition) is 0. The van der Waals surface area contributed by atoms with Gasteiger partial charge in [0, 0.05) is 12.4 Å². The van der Waals surface area contributed by atoms with Crippen molar-refractivity contribution in [3.63, 3.8) is 0 Å². The largest absolute Gasteiger partial charge is 0.301 e. The molecule has 10 nitrogen and oxygen atoms in total. The Balaban J connectivity index is 2.45. The molecule has 0 bridgehead atoms. The first-order valence-electron chi connectivity index (χ1n) is 5.15. The van der Waals surface area contributed by atoms with Crippen LogP contribution in [0.3, 0.4) is 0 Å². The van der Waals surface area contributed by atoms with E-state index in [1.54, 1.807) is 0 Å². The third-order valence-electron chi connectivity index (χ3n) is 2.15. The van der Waals surface area contributed by atoms with Crippen LogP contribution >= 0.6 is 0 Å². The van der Waals surface area contributed by atoms with Gasteiger partial charge in [-0.15, -0.1) is 0 Å². The van der Waals surface area contributed by atoms with E-state index in [1.807, 2.05) is 0 Å². The normalized spacial score (nSPS) is 10.6. The zero-order chi connectivity index (χ0) is 14.5. The van der Waals surface area contributed by atoms with Crippen molar-refractivity contribution in [1.82, 2.24) is 19.3 Å². The molecule has 0 aliphatic carbocycles. The second-order valence-corrected chi connectivity index (χ2v) is 3.34. The summed E-state index contributed by atoms with van der Waals surface area (Å²) in [5.41, 5.74) is -2.27. The zero-order valence-electron chi connectivity index (χ0n) is 9.78. The Hall–Kier alpha value is -3.30. The van der Waals surface area contributed by atoms with Gasteiger partial charge in [-0.05, 0) is 10.4 Å². The Kier molecular flexibility index (Phi) is 3.65. The molecule has 2 rings (SSSR count). The zero-order valence-corrected chi connectivity index (χ0v) is 9.78. The maximum Gasteiger partial charge on any atom is 0.301 e. The highest BCUT2D eigenvalue weighted by molar-refractivity contribution is 5.71. The first-order chi connectivity index (χ1) is 9.67. The molecule has 0 aromatic carbocycles. The van der Waals surface area contributed by atoms with Crippen molar-refractivity contribution in [3.05, 3.63) is 56.9 Å². The maximum atomic E-state index is 11.6. The monoisotopic (exact) mass is 274 g/mol. The van der Waals surface area contributed by atoms with Crippen LogP contribution in [0.1, 0.15) is 21.0 Å². The van der Waals surface area contributed by atoms with Gasteiger partial charge >= 0.3 is 11.1 Å². The van der Waals surface area contributed by atoms with Gasteiger partial charge in [-0.25, -0.2) is 9.97 Å². The first-order valence-corrected chi connectivity index (χ1v) is 5.15. The van der Waals surface area contributed by atoms with Crippen molar-refractivity contribution in [3.8, 4) is 0 Å². The van der Waals surface area contributed by atoms with Crippen molar-refractivity contribution in [2.24, 2.45) is 10.4 Å². The lowest BCUT2D eigenvalue weighted by Crippen LogP contribution is -2.23. The smallest absolute Gasteiger partial charge is 0.296 e. The number of hydrogen-bond acceptors (Lipinski definition) is 8. The SMILES string of the molecule is O=Cc1nccn(/N=N/n2ccnc(C=O)c2=O)c1=O. The lowest BCUT2D eigenvalue weighted by Gasteiger charge is -1.98. The third kappa shape index (κ3) is 2.43. The van der Waals surface area contributed by atoms with Crippen LogP contribution in [0.15, 0.2) is 44.8 Å². The molecule has 10 heteroatoms. The van der Waals surface area contributed by atoms with Gasteiger partial charge in [0.2, 0.25) is 0 Å². The topological polar surface area (TPSA) is 129 Å². The second-order valence-electron chi connectivity index (χ2n) is 3.34. The Morgan fingerprint density at radius 3 is 1.60 bits per heavy atom. The number of carbonyl (C=O) groups excluding carboxylic acids is 2. The minimum atomic E-state index is -0.788. The maximum absolute atomic E-state index is 11.6. The fraction of sp³-hybridized carbons (Fsp3) is 0. The molecule has 2 aromatic rings. The van der Waals surface area contributed by atoms with Gasteiger partial charge in [0.1, 0.15) is 0 Å². The molecule has 0 N–H and O–H groups in total. The first kappa shape index (κ1) is 13.1. The molecule has 2 heterocycles. The fourth-order valence-corrected chi connectivity index (χ4v) is 1.22. The molecule has 0 aliphatic heterocycles. The lowest BCUT2D eigenvalue weighted by atomic mass is 10.5. The van der Waals surface area contributed by atoms with E-state index >= 15 is 0 Å². The standard InChI is InChI=1S/C10H6N6O4/c17-5-7-9(19)15(3-1-11-7)13-14-16-4-2-12-8(6-18)10(16)20/h1-6H/b14-13+. The van der Waals surface area contributed by atoms with E-state index in [0.29, 0.717) is 0 Å². The van der Waals surface area contributed by atoms with Crippen LogP contribution in [0.5, 0.6) is 0 Å². The summed E-state index contributed by atoms with van der Waals surface area (Å²) in [4.78, 5) is 51.3. The van der Waals surface area contributed by atoms with Crippen molar-refractivity contribution in [2.75, 3.05) is 0 Å². The molecule has 100 valence electrons. The molecule has 0 unspecified atom stereocenters. The van der Waals surface area contributed by atoms with Crippen LogP contribution in [0, 0.1) is 0 Å². The summed E-state index contributed by atoms with van der Waals surface area (Å²) < 4.78 is 1.45. The van der Waals surface area contributed by atoms with E-state index < -0.39 is 11.1 Å². The predicted octanol–water partition coefficient (Wildman–Crippen LogP) is -0.896. The number of nitrogens with zero attached hydrogens (tertiary/aromatic N) is 6. The minimum absolute atomic E-state index is 0.275. The number of carbonyl (C=O) groups is 2. The van der Waals surface area contributed by atoms with Crippen molar-refractivity contribution >= 4 is 12.6 Å². The Morgan fingerprint density at radius 1 is 0.850 bits per heavy atom. The summed E-state index contributed by atoms with van der Waals surface area (Å²) in [6.07, 6.45) is 5.22. The summed E-state index contributed by atoms with van der Waals surface area (Å²) in [5.74, 6) is 0. The molecule has 0 saturated heterocycles. The summed E-state index contributed by atoms with van der Waals surface area (Å²) in [6.45, 7) is 0. The second kappa shape index (κ2) is 5.56. The van der Waals surface area contributed by atoms with Gasteiger partial charge < -0.3 is 0 Å². The molecule has 0 spiro atoms. The molecule has 0 aliphatic rings. The summed E-state index contributed by atoms with van der Waals surface area (Å²) >= 11 is 0. The van der Waals surface area contributed by atoms with Crippen LogP contribution in [0.4, 0.5) is 0 Å². The van der Waals surface area contributed by atoms with E-state index in [2.05, 4.69) is 20.4 Å². The molecule has 0 radical (unpaired) electrons. The van der Waals surface area contributed by atoms with Gasteiger partial charge in [0.25, 0.3) is 0 Å². The number of aldehydes is 2. The molecule has 0 saturated carbocycles. The molecule has 2 aromatic heterocycles. The fourth-order valence-electron chi connectivity index (χ4n) is 1.22. The molecule has 0 fully saturated rings. The Bertz CT molecular complexity index is 738. The Labute approximate surface area is 110 Å². The molecule has 0 atom stereocenters. The van der Waals surface area contributed by atoms with Crippen LogP contribution in [-0.2, 0) is 0 Å². The van der Waals surface area contributed by atoms with Gasteiger partial charge in [-0.2, -0.15) is 9.35 Å². The third-order valence-corrected chi connectivity index (χ3v) is 2.15. The Morgan fingerprint density at radius 2 is 1.25 bits per heavy atom. The van der Waals surface area contributed by atoms with E-state index in [9.17, 15) is 19.2 Å². The minimum Gasteiger partial charge on any atom is -0.296 e. The highest BCUT2D eigenvalue weighted by Crippen LogP contribution is 1.87. The van der Waals surface area contributed by atoms with Gasteiger partial charge in [-0.1, -0.05) is 0 Å². The highest BCUT2D eigenvalue weighted by atomic mass is 16.2. The van der Waals surface area contributed by atoms with Crippen LogP contribution in [0.2, 0.25) is 0 Å². The highest BCUT2D eigenvalue weighted by Gasteiger charge is 2.04. The quantitative estimate of drug-likeness (QED) is 0.525. The molecular formula is C10H6N6O4. The van der Waals surface area contributed by atoms with Crippen molar-refractivity contribution in [2.45, 2.75) is 0 Å². The van der Waals surface area contributed by atoms with E-state index in [0.717, 1.165) is 21.7 Å². The van der Waals surface area contributed by atoms with Crippen LogP contribution in [-0.4, -0.2) is 31.9 Å². The van der Waals surface area contributed by atoms with Gasteiger partial charge in [0.15, 0.2) is 24.0 Å². The van der Waals surface area contributed by atoms with Crippen LogP contribution in [0.25, 0.3) is 0 Å². The van der Waals surface area contributed by atoms with Crippen LogP contribution < -0.4 is 11.1 Å². The van der Waals surface area contributed by atoms with E-state index in [4.69, 9.17) is 0 Å². The average Bonchev–Trinajstić information content (AvgIpc) is 2.47. The number of aromatic nitrogens is 4. The van der Waals surface area contributed by atoms with Gasteiger partial charge in [-0.3, -0.25) is 19.2 Å². The van der Waals surface area contributed by atoms with Crippen molar-refractivity contribution in [1.29, 1.82) is 0 Å². The van der Waals surface area contributed by atoms with E-state index in [-0.39, 0.29) is 24.0 Å². The molecule has 0 amide bonds. The molecular weight excluding hydrogens is 268 g/mol. The summed E-state index contributed by atoms with van der Waals surface area (Å²) in [6, 6.07) is 0. The average molecular weight is 274 g/mol. The lowest BCUT2D eigenvalue weighted by molar-refractivity contribution is 0.110. The summed E-state index contributed by atoms with van der Waals surface area (Å²) in [5, 5.41) is 6.94.